The standard InChI is InChI=1S/C14H16N4O/c1-10(11-6-3-4-9-16-11)18(2)14(19)12-7-5-8-13(15)17-12/h3-10H,1-2H3,(H2,15,17). The second kappa shape index (κ2) is 5.48. The van der Waals surface area contributed by atoms with E-state index in [1.165, 1.54) is 0 Å². The van der Waals surface area contributed by atoms with E-state index < -0.39 is 0 Å². The number of amides is 1. The lowest BCUT2D eigenvalue weighted by atomic mass is 10.2. The van der Waals surface area contributed by atoms with Crippen molar-refractivity contribution >= 4 is 11.7 Å². The maximum Gasteiger partial charge on any atom is 0.272 e. The molecular formula is C14H16N4O. The van der Waals surface area contributed by atoms with Gasteiger partial charge in [-0.3, -0.25) is 9.78 Å². The SMILES string of the molecule is CC(c1ccccn1)N(C)C(=O)c1cccc(N)n1. The molecule has 98 valence electrons. The van der Waals surface area contributed by atoms with Crippen molar-refractivity contribution in [1.29, 1.82) is 0 Å². The molecule has 19 heavy (non-hydrogen) atoms. The van der Waals surface area contributed by atoms with Gasteiger partial charge in [-0.2, -0.15) is 0 Å². The normalized spacial score (nSPS) is 11.9. The van der Waals surface area contributed by atoms with Crippen LogP contribution < -0.4 is 5.73 Å². The van der Waals surface area contributed by atoms with Gasteiger partial charge in [0, 0.05) is 13.2 Å². The Morgan fingerprint density at radius 3 is 2.68 bits per heavy atom. The van der Waals surface area contributed by atoms with E-state index >= 15 is 0 Å². The monoisotopic (exact) mass is 256 g/mol. The van der Waals surface area contributed by atoms with Gasteiger partial charge in [0.1, 0.15) is 11.5 Å². The minimum Gasteiger partial charge on any atom is -0.384 e. The number of hydrogen-bond donors (Lipinski definition) is 1. The minimum absolute atomic E-state index is 0.128. The highest BCUT2D eigenvalue weighted by atomic mass is 16.2. The number of anilines is 1. The summed E-state index contributed by atoms with van der Waals surface area (Å²) in [7, 11) is 1.73. The van der Waals surface area contributed by atoms with Gasteiger partial charge in [-0.25, -0.2) is 4.98 Å². The number of nitrogen functional groups attached to an aromatic ring is 1. The van der Waals surface area contributed by atoms with Crippen LogP contribution in [0, 0.1) is 0 Å². The third-order valence-corrected chi connectivity index (χ3v) is 3.01. The molecule has 2 aromatic heterocycles. The summed E-state index contributed by atoms with van der Waals surface area (Å²) < 4.78 is 0. The number of nitrogens with zero attached hydrogens (tertiary/aromatic N) is 3. The summed E-state index contributed by atoms with van der Waals surface area (Å²) in [4.78, 5) is 22.2. The van der Waals surface area contributed by atoms with E-state index in [0.717, 1.165) is 5.69 Å². The smallest absolute Gasteiger partial charge is 0.272 e. The van der Waals surface area contributed by atoms with E-state index in [1.54, 1.807) is 36.3 Å². The zero-order chi connectivity index (χ0) is 13.8. The lowest BCUT2D eigenvalue weighted by Gasteiger charge is -2.24. The van der Waals surface area contributed by atoms with E-state index in [9.17, 15) is 4.79 Å². The first-order valence-corrected chi connectivity index (χ1v) is 6.00. The van der Waals surface area contributed by atoms with Gasteiger partial charge in [0.05, 0.1) is 11.7 Å². The molecule has 2 rings (SSSR count). The van der Waals surface area contributed by atoms with Crippen LogP contribution in [0.15, 0.2) is 42.6 Å². The Labute approximate surface area is 112 Å². The lowest BCUT2D eigenvalue weighted by molar-refractivity contribution is 0.0734. The molecule has 1 amide bonds. The van der Waals surface area contributed by atoms with Crippen LogP contribution in [-0.2, 0) is 0 Å². The molecule has 0 aliphatic heterocycles. The Kier molecular flexibility index (Phi) is 3.75. The van der Waals surface area contributed by atoms with Gasteiger partial charge in [0.2, 0.25) is 0 Å². The van der Waals surface area contributed by atoms with Gasteiger partial charge < -0.3 is 10.6 Å². The quantitative estimate of drug-likeness (QED) is 0.910. The molecule has 2 heterocycles. The number of rotatable bonds is 3. The van der Waals surface area contributed by atoms with Crippen LogP contribution in [0.2, 0.25) is 0 Å². The summed E-state index contributed by atoms with van der Waals surface area (Å²) in [6.45, 7) is 1.92. The molecule has 0 saturated heterocycles. The van der Waals surface area contributed by atoms with Crippen LogP contribution in [0.4, 0.5) is 5.82 Å². The van der Waals surface area contributed by atoms with Crippen molar-refractivity contribution in [2.24, 2.45) is 0 Å². The molecule has 1 unspecified atom stereocenters. The summed E-state index contributed by atoms with van der Waals surface area (Å²) in [5, 5.41) is 0. The van der Waals surface area contributed by atoms with Gasteiger partial charge in [0.25, 0.3) is 5.91 Å². The molecule has 0 aliphatic rings. The Hall–Kier alpha value is -2.43. The van der Waals surface area contributed by atoms with Crippen LogP contribution >= 0.6 is 0 Å². The molecule has 2 N–H and O–H groups in total. The first kappa shape index (κ1) is 13.0. The Morgan fingerprint density at radius 1 is 1.26 bits per heavy atom. The summed E-state index contributed by atoms with van der Waals surface area (Å²) in [6.07, 6.45) is 1.71. The fraction of sp³-hybridized carbons (Fsp3) is 0.214. The van der Waals surface area contributed by atoms with Crippen LogP contribution in [0.5, 0.6) is 0 Å². The molecule has 0 spiro atoms. The van der Waals surface area contributed by atoms with Crippen LogP contribution in [-0.4, -0.2) is 27.8 Å². The summed E-state index contributed by atoms with van der Waals surface area (Å²) in [5.74, 6) is 0.162. The highest BCUT2D eigenvalue weighted by molar-refractivity contribution is 5.92. The second-order valence-corrected chi connectivity index (χ2v) is 4.29. The molecule has 2 aromatic rings. The van der Waals surface area contributed by atoms with Gasteiger partial charge in [-0.15, -0.1) is 0 Å². The molecule has 0 bridgehead atoms. The summed E-state index contributed by atoms with van der Waals surface area (Å²) >= 11 is 0. The average Bonchev–Trinajstić information content (AvgIpc) is 2.46. The number of carbonyl (C=O) groups excluding carboxylic acids is 1. The third kappa shape index (κ3) is 2.88. The lowest BCUT2D eigenvalue weighted by Crippen LogP contribution is -2.30. The highest BCUT2D eigenvalue weighted by Gasteiger charge is 2.20. The molecule has 0 fully saturated rings. The predicted molar refractivity (Wildman–Crippen MR) is 73.4 cm³/mol. The molecule has 1 atom stereocenters. The maximum absolute atomic E-state index is 12.3. The zero-order valence-electron chi connectivity index (χ0n) is 10.9. The van der Waals surface area contributed by atoms with E-state index in [2.05, 4.69) is 9.97 Å². The molecule has 0 radical (unpaired) electrons. The van der Waals surface area contributed by atoms with Crippen molar-refractivity contribution in [3.63, 3.8) is 0 Å². The maximum atomic E-state index is 12.3. The van der Waals surface area contributed by atoms with Gasteiger partial charge in [-0.1, -0.05) is 12.1 Å². The second-order valence-electron chi connectivity index (χ2n) is 4.29. The van der Waals surface area contributed by atoms with E-state index in [4.69, 9.17) is 5.73 Å². The fourth-order valence-electron chi connectivity index (χ4n) is 1.75. The molecule has 0 saturated carbocycles. The average molecular weight is 256 g/mol. The van der Waals surface area contributed by atoms with Gasteiger partial charge in [0.15, 0.2) is 0 Å². The Morgan fingerprint density at radius 2 is 2.05 bits per heavy atom. The third-order valence-electron chi connectivity index (χ3n) is 3.01. The van der Waals surface area contributed by atoms with E-state index in [0.29, 0.717) is 11.5 Å². The fourth-order valence-corrected chi connectivity index (χ4v) is 1.75. The van der Waals surface area contributed by atoms with Crippen LogP contribution in [0.1, 0.15) is 29.1 Å². The number of nitrogens with two attached hydrogens (primary N) is 1. The topological polar surface area (TPSA) is 72.1 Å². The number of aromatic nitrogens is 2. The Bertz CT molecular complexity index is 571. The molecule has 0 aliphatic carbocycles. The number of hydrogen-bond acceptors (Lipinski definition) is 4. The molecular weight excluding hydrogens is 240 g/mol. The number of pyridine rings is 2. The van der Waals surface area contributed by atoms with Crippen molar-refractivity contribution in [2.75, 3.05) is 12.8 Å². The van der Waals surface area contributed by atoms with Crippen LogP contribution in [0.25, 0.3) is 0 Å². The van der Waals surface area contributed by atoms with Crippen molar-refractivity contribution in [1.82, 2.24) is 14.9 Å². The van der Waals surface area contributed by atoms with E-state index in [-0.39, 0.29) is 11.9 Å². The van der Waals surface area contributed by atoms with Crippen LogP contribution in [0.3, 0.4) is 0 Å². The summed E-state index contributed by atoms with van der Waals surface area (Å²) in [6, 6.07) is 10.5. The van der Waals surface area contributed by atoms with Crippen molar-refractivity contribution in [3.8, 4) is 0 Å². The first-order valence-electron chi connectivity index (χ1n) is 6.00. The largest absolute Gasteiger partial charge is 0.384 e. The first-order chi connectivity index (χ1) is 9.09. The van der Waals surface area contributed by atoms with Gasteiger partial charge in [-0.05, 0) is 31.2 Å². The van der Waals surface area contributed by atoms with E-state index in [1.807, 2.05) is 25.1 Å². The number of carbonyl (C=O) groups is 1. The molecule has 5 heteroatoms. The molecule has 0 aromatic carbocycles. The predicted octanol–water partition coefficient (Wildman–Crippen LogP) is 1.89. The van der Waals surface area contributed by atoms with Crippen molar-refractivity contribution in [2.45, 2.75) is 13.0 Å². The highest BCUT2D eigenvalue weighted by Crippen LogP contribution is 2.18. The van der Waals surface area contributed by atoms with Gasteiger partial charge >= 0.3 is 0 Å². The zero-order valence-corrected chi connectivity index (χ0v) is 10.9. The van der Waals surface area contributed by atoms with Crippen molar-refractivity contribution < 1.29 is 4.79 Å². The summed E-state index contributed by atoms with van der Waals surface area (Å²) in [5.41, 5.74) is 6.76. The molecule has 5 nitrogen and oxygen atoms in total. The Balaban J connectivity index is 2.20. The van der Waals surface area contributed by atoms with Crippen molar-refractivity contribution in [3.05, 3.63) is 54.0 Å². The minimum atomic E-state index is -0.176.